The first-order valence-corrected chi connectivity index (χ1v) is 6.50. The van der Waals surface area contributed by atoms with E-state index in [-0.39, 0.29) is 18.4 Å². The van der Waals surface area contributed by atoms with Crippen LogP contribution in [0.4, 0.5) is 4.79 Å². The smallest absolute Gasteiger partial charge is 0.325 e. The highest BCUT2D eigenvalue weighted by molar-refractivity contribution is 6.07. The van der Waals surface area contributed by atoms with Crippen molar-refractivity contribution in [3.05, 3.63) is 0 Å². The summed E-state index contributed by atoms with van der Waals surface area (Å²) in [5.74, 6) is -0.647. The van der Waals surface area contributed by atoms with Gasteiger partial charge in [0, 0.05) is 13.1 Å². The van der Waals surface area contributed by atoms with Crippen LogP contribution in [0.5, 0.6) is 0 Å². The molecular weight excluding hydrogens is 248 g/mol. The second-order valence-corrected chi connectivity index (χ2v) is 5.00. The number of rotatable bonds is 7. The molecule has 0 atom stereocenters. The number of urea groups is 1. The van der Waals surface area contributed by atoms with Crippen molar-refractivity contribution in [2.45, 2.75) is 32.7 Å². The summed E-state index contributed by atoms with van der Waals surface area (Å²) in [5, 5.41) is 8.06. The SMILES string of the molecule is CCCNCCNC(=O)CN1C(=O)NC(=O)C1(C)C. The van der Waals surface area contributed by atoms with E-state index in [1.54, 1.807) is 13.8 Å². The second-order valence-electron chi connectivity index (χ2n) is 5.00. The van der Waals surface area contributed by atoms with Crippen LogP contribution in [0, 0.1) is 0 Å². The van der Waals surface area contributed by atoms with Crippen molar-refractivity contribution in [2.24, 2.45) is 0 Å². The molecule has 1 saturated heterocycles. The van der Waals surface area contributed by atoms with Gasteiger partial charge in [-0.05, 0) is 26.8 Å². The van der Waals surface area contributed by atoms with Gasteiger partial charge in [0.25, 0.3) is 5.91 Å². The molecule has 0 aromatic rings. The van der Waals surface area contributed by atoms with E-state index in [2.05, 4.69) is 22.9 Å². The van der Waals surface area contributed by atoms with Crippen LogP contribution in [0.15, 0.2) is 0 Å². The molecule has 1 aliphatic rings. The first kappa shape index (κ1) is 15.4. The topological polar surface area (TPSA) is 90.5 Å². The molecule has 0 aliphatic carbocycles. The van der Waals surface area contributed by atoms with Crippen LogP contribution in [0.2, 0.25) is 0 Å². The number of carbonyl (C=O) groups excluding carboxylic acids is 3. The lowest BCUT2D eigenvalue weighted by atomic mass is 10.0. The average molecular weight is 270 g/mol. The van der Waals surface area contributed by atoms with Crippen molar-refractivity contribution in [3.8, 4) is 0 Å². The third kappa shape index (κ3) is 3.92. The molecule has 0 saturated carbocycles. The quantitative estimate of drug-likeness (QED) is 0.427. The number of hydrogen-bond donors (Lipinski definition) is 3. The Morgan fingerprint density at radius 1 is 1.26 bits per heavy atom. The van der Waals surface area contributed by atoms with Gasteiger partial charge in [-0.1, -0.05) is 6.92 Å². The number of carbonyl (C=O) groups is 3. The van der Waals surface area contributed by atoms with Gasteiger partial charge in [0.15, 0.2) is 0 Å². The molecule has 1 aliphatic heterocycles. The fourth-order valence-corrected chi connectivity index (χ4v) is 1.76. The van der Waals surface area contributed by atoms with Gasteiger partial charge in [-0.3, -0.25) is 14.9 Å². The van der Waals surface area contributed by atoms with Crippen molar-refractivity contribution >= 4 is 17.8 Å². The molecule has 3 N–H and O–H groups in total. The second kappa shape index (κ2) is 6.51. The summed E-state index contributed by atoms with van der Waals surface area (Å²) in [6.07, 6.45) is 1.04. The lowest BCUT2D eigenvalue weighted by molar-refractivity contribution is -0.127. The van der Waals surface area contributed by atoms with Crippen LogP contribution in [0.3, 0.4) is 0 Å². The Balaban J connectivity index is 2.36. The number of hydrogen-bond acceptors (Lipinski definition) is 4. The van der Waals surface area contributed by atoms with Crippen LogP contribution in [-0.4, -0.2) is 54.5 Å². The maximum atomic E-state index is 11.7. The van der Waals surface area contributed by atoms with Crippen molar-refractivity contribution in [1.29, 1.82) is 0 Å². The van der Waals surface area contributed by atoms with Gasteiger partial charge in [-0.25, -0.2) is 4.79 Å². The average Bonchev–Trinajstić information content (AvgIpc) is 2.52. The molecular formula is C12H22N4O3. The zero-order valence-corrected chi connectivity index (χ0v) is 11.7. The first-order valence-electron chi connectivity index (χ1n) is 6.50. The third-order valence-electron chi connectivity index (χ3n) is 3.05. The van der Waals surface area contributed by atoms with E-state index in [9.17, 15) is 14.4 Å². The predicted molar refractivity (Wildman–Crippen MR) is 70.5 cm³/mol. The van der Waals surface area contributed by atoms with E-state index in [1.165, 1.54) is 4.90 Å². The summed E-state index contributed by atoms with van der Waals surface area (Å²) in [6, 6.07) is -0.519. The number of amides is 4. The monoisotopic (exact) mass is 270 g/mol. The highest BCUT2D eigenvalue weighted by atomic mass is 16.2. The van der Waals surface area contributed by atoms with Crippen molar-refractivity contribution in [2.75, 3.05) is 26.2 Å². The minimum Gasteiger partial charge on any atom is -0.353 e. The molecule has 1 rings (SSSR count). The summed E-state index contributed by atoms with van der Waals surface area (Å²) < 4.78 is 0. The molecule has 0 aromatic carbocycles. The summed E-state index contributed by atoms with van der Waals surface area (Å²) >= 11 is 0. The number of imide groups is 1. The van der Waals surface area contributed by atoms with Crippen molar-refractivity contribution in [3.63, 3.8) is 0 Å². The lowest BCUT2D eigenvalue weighted by Gasteiger charge is -2.27. The fraction of sp³-hybridized carbons (Fsp3) is 0.750. The zero-order valence-electron chi connectivity index (χ0n) is 11.7. The van der Waals surface area contributed by atoms with Gasteiger partial charge in [-0.2, -0.15) is 0 Å². The first-order chi connectivity index (χ1) is 8.89. The molecule has 7 heteroatoms. The van der Waals surface area contributed by atoms with Gasteiger partial charge in [-0.15, -0.1) is 0 Å². The van der Waals surface area contributed by atoms with Crippen LogP contribution >= 0.6 is 0 Å². The summed E-state index contributed by atoms with van der Waals surface area (Å²) in [5.41, 5.74) is -0.977. The van der Waals surface area contributed by atoms with Gasteiger partial charge < -0.3 is 15.5 Å². The van der Waals surface area contributed by atoms with Crippen LogP contribution in [0.25, 0.3) is 0 Å². The number of nitrogens with one attached hydrogen (secondary N) is 3. The van der Waals surface area contributed by atoms with Gasteiger partial charge in [0.2, 0.25) is 5.91 Å². The number of nitrogens with zero attached hydrogens (tertiary/aromatic N) is 1. The van der Waals surface area contributed by atoms with E-state index in [4.69, 9.17) is 0 Å². The van der Waals surface area contributed by atoms with E-state index < -0.39 is 11.6 Å². The zero-order chi connectivity index (χ0) is 14.5. The molecule has 108 valence electrons. The minimum atomic E-state index is -0.977. The summed E-state index contributed by atoms with van der Waals surface area (Å²) in [7, 11) is 0. The maximum absolute atomic E-state index is 11.7. The Morgan fingerprint density at radius 3 is 2.47 bits per heavy atom. The Hall–Kier alpha value is -1.63. The highest BCUT2D eigenvalue weighted by Crippen LogP contribution is 2.19. The molecule has 4 amide bonds. The molecule has 19 heavy (non-hydrogen) atoms. The van der Waals surface area contributed by atoms with Crippen LogP contribution < -0.4 is 16.0 Å². The molecule has 1 fully saturated rings. The predicted octanol–water partition coefficient (Wildman–Crippen LogP) is -0.567. The van der Waals surface area contributed by atoms with Crippen LogP contribution in [0.1, 0.15) is 27.2 Å². The molecule has 0 spiro atoms. The molecule has 0 radical (unpaired) electrons. The third-order valence-corrected chi connectivity index (χ3v) is 3.05. The molecule has 0 unspecified atom stereocenters. The Bertz CT molecular complexity index is 368. The highest BCUT2D eigenvalue weighted by Gasteiger charge is 2.46. The Morgan fingerprint density at radius 2 is 1.95 bits per heavy atom. The Kier molecular flexibility index (Phi) is 5.29. The molecule has 0 bridgehead atoms. The van der Waals surface area contributed by atoms with Gasteiger partial charge in [0.05, 0.1) is 0 Å². The van der Waals surface area contributed by atoms with Crippen LogP contribution in [-0.2, 0) is 9.59 Å². The molecule has 1 heterocycles. The maximum Gasteiger partial charge on any atom is 0.325 e. The normalized spacial score (nSPS) is 17.5. The van der Waals surface area contributed by atoms with Crippen molar-refractivity contribution < 1.29 is 14.4 Å². The summed E-state index contributed by atoms with van der Waals surface area (Å²) in [6.45, 7) is 7.28. The summed E-state index contributed by atoms with van der Waals surface area (Å²) in [4.78, 5) is 36.0. The minimum absolute atomic E-state index is 0.113. The molecule has 7 nitrogen and oxygen atoms in total. The largest absolute Gasteiger partial charge is 0.353 e. The standard InChI is InChI=1S/C12H22N4O3/c1-4-5-13-6-7-14-9(17)8-16-11(19)15-10(18)12(16,2)3/h13H,4-8H2,1-3H3,(H,14,17)(H,15,18,19). The van der Waals surface area contributed by atoms with E-state index in [0.717, 1.165) is 13.0 Å². The van der Waals surface area contributed by atoms with Crippen molar-refractivity contribution in [1.82, 2.24) is 20.9 Å². The fourth-order valence-electron chi connectivity index (χ4n) is 1.76. The lowest BCUT2D eigenvalue weighted by Crippen LogP contribution is -2.49. The van der Waals surface area contributed by atoms with E-state index in [0.29, 0.717) is 13.1 Å². The Labute approximate surface area is 113 Å². The van der Waals surface area contributed by atoms with E-state index >= 15 is 0 Å². The van der Waals surface area contributed by atoms with E-state index in [1.807, 2.05) is 0 Å². The molecule has 0 aromatic heterocycles. The van der Waals surface area contributed by atoms with Gasteiger partial charge in [0.1, 0.15) is 12.1 Å². The van der Waals surface area contributed by atoms with Gasteiger partial charge >= 0.3 is 6.03 Å².